The summed E-state index contributed by atoms with van der Waals surface area (Å²) in [6.45, 7) is 1.56. The van der Waals surface area contributed by atoms with Crippen molar-refractivity contribution in [1.29, 1.82) is 0 Å². The number of hydrogen-bond acceptors (Lipinski definition) is 3. The van der Waals surface area contributed by atoms with Crippen molar-refractivity contribution in [2.45, 2.75) is 17.9 Å². The van der Waals surface area contributed by atoms with Gasteiger partial charge in [0.2, 0.25) is 10.0 Å². The van der Waals surface area contributed by atoms with Crippen LogP contribution in [0.25, 0.3) is 0 Å². The van der Waals surface area contributed by atoms with E-state index in [2.05, 4.69) is 4.72 Å². The first-order chi connectivity index (χ1) is 9.81. The van der Waals surface area contributed by atoms with E-state index in [0.29, 0.717) is 5.56 Å². The van der Waals surface area contributed by atoms with E-state index in [1.807, 2.05) is 0 Å². The van der Waals surface area contributed by atoms with Gasteiger partial charge in [0.25, 0.3) is 0 Å². The average molecular weight is 312 g/mol. The fourth-order valence-electron chi connectivity index (χ4n) is 1.89. The minimum absolute atomic E-state index is 0.342. The summed E-state index contributed by atoms with van der Waals surface area (Å²) in [5.41, 5.74) is 5.46. The van der Waals surface area contributed by atoms with Crippen LogP contribution in [0.3, 0.4) is 0 Å². The summed E-state index contributed by atoms with van der Waals surface area (Å²) >= 11 is 0. The number of benzene rings is 2. The first kappa shape index (κ1) is 15.4. The third-order valence-electron chi connectivity index (χ3n) is 2.98. The molecule has 0 saturated carbocycles. The normalized spacial score (nSPS) is 13.1. The van der Waals surface area contributed by atoms with Gasteiger partial charge in [-0.1, -0.05) is 18.2 Å². The molecule has 0 fully saturated rings. The molecule has 4 nitrogen and oxygen atoms in total. The first-order valence-electron chi connectivity index (χ1n) is 6.13. The summed E-state index contributed by atoms with van der Waals surface area (Å²) in [6, 6.07) is 8.40. The molecule has 0 bridgehead atoms. The summed E-state index contributed by atoms with van der Waals surface area (Å²) in [6.07, 6.45) is 0. The number of anilines is 1. The van der Waals surface area contributed by atoms with Gasteiger partial charge in [0, 0.05) is 6.04 Å². The van der Waals surface area contributed by atoms with E-state index in [9.17, 15) is 17.2 Å². The van der Waals surface area contributed by atoms with Gasteiger partial charge in [0.1, 0.15) is 16.5 Å². The Morgan fingerprint density at radius 1 is 1.14 bits per heavy atom. The first-order valence-corrected chi connectivity index (χ1v) is 7.61. The lowest BCUT2D eigenvalue weighted by atomic mass is 10.1. The minimum Gasteiger partial charge on any atom is -0.395 e. The number of rotatable bonds is 4. The van der Waals surface area contributed by atoms with Crippen LogP contribution < -0.4 is 10.5 Å². The molecule has 21 heavy (non-hydrogen) atoms. The van der Waals surface area contributed by atoms with Crippen LogP contribution in [0.1, 0.15) is 18.5 Å². The van der Waals surface area contributed by atoms with E-state index in [-0.39, 0.29) is 4.90 Å². The predicted octanol–water partition coefficient (Wildman–Crippen LogP) is 2.59. The molecule has 2 aromatic carbocycles. The maximum atomic E-state index is 13.4. The van der Waals surface area contributed by atoms with E-state index < -0.39 is 33.4 Å². The van der Waals surface area contributed by atoms with Crippen LogP contribution >= 0.6 is 0 Å². The Labute approximate surface area is 121 Å². The van der Waals surface area contributed by atoms with Crippen LogP contribution in [0.5, 0.6) is 0 Å². The monoisotopic (exact) mass is 312 g/mol. The van der Waals surface area contributed by atoms with Gasteiger partial charge in [-0.15, -0.1) is 0 Å². The lowest BCUT2D eigenvalue weighted by molar-refractivity contribution is 0.563. The van der Waals surface area contributed by atoms with Crippen LogP contribution in [0, 0.1) is 11.6 Å². The molecule has 0 heterocycles. The van der Waals surface area contributed by atoms with Gasteiger partial charge in [-0.2, -0.15) is 0 Å². The Hall–Kier alpha value is -1.99. The van der Waals surface area contributed by atoms with Crippen LogP contribution in [-0.2, 0) is 10.0 Å². The number of sulfonamides is 1. The maximum Gasteiger partial charge on any atom is 0.243 e. The van der Waals surface area contributed by atoms with E-state index in [0.717, 1.165) is 6.07 Å². The van der Waals surface area contributed by atoms with Crippen molar-refractivity contribution in [3.8, 4) is 0 Å². The highest BCUT2D eigenvalue weighted by atomic mass is 32.2. The Kier molecular flexibility index (Phi) is 4.24. The molecular weight excluding hydrogens is 298 g/mol. The second kappa shape index (κ2) is 5.79. The summed E-state index contributed by atoms with van der Waals surface area (Å²) in [5.74, 6) is -1.28. The van der Waals surface area contributed by atoms with Crippen molar-refractivity contribution >= 4 is 15.7 Å². The zero-order valence-corrected chi connectivity index (χ0v) is 12.0. The lowest BCUT2D eigenvalue weighted by Crippen LogP contribution is -2.27. The van der Waals surface area contributed by atoms with Crippen molar-refractivity contribution in [1.82, 2.24) is 4.72 Å². The fraction of sp³-hybridized carbons (Fsp3) is 0.143. The summed E-state index contributed by atoms with van der Waals surface area (Å²) in [5, 5.41) is 0. The predicted molar refractivity (Wildman–Crippen MR) is 75.9 cm³/mol. The van der Waals surface area contributed by atoms with Crippen LogP contribution in [0.4, 0.5) is 14.5 Å². The fourth-order valence-corrected chi connectivity index (χ4v) is 3.26. The Morgan fingerprint density at radius 2 is 1.81 bits per heavy atom. The third-order valence-corrected chi connectivity index (χ3v) is 4.58. The maximum absolute atomic E-state index is 13.4. The molecule has 1 unspecified atom stereocenters. The van der Waals surface area contributed by atoms with E-state index in [1.54, 1.807) is 13.0 Å². The van der Waals surface area contributed by atoms with Gasteiger partial charge in [-0.25, -0.2) is 21.9 Å². The molecule has 2 rings (SSSR count). The zero-order valence-electron chi connectivity index (χ0n) is 11.2. The Bertz CT molecular complexity index is 763. The quantitative estimate of drug-likeness (QED) is 0.852. The number of para-hydroxylation sites is 1. The Balaban J connectivity index is 2.31. The van der Waals surface area contributed by atoms with Crippen molar-refractivity contribution in [2.24, 2.45) is 0 Å². The molecule has 0 aliphatic carbocycles. The third kappa shape index (κ3) is 3.37. The molecule has 0 aliphatic rings. The molecule has 7 heteroatoms. The molecule has 2 aromatic rings. The lowest BCUT2D eigenvalue weighted by Gasteiger charge is -2.16. The number of nitrogens with one attached hydrogen (secondary N) is 1. The van der Waals surface area contributed by atoms with Crippen molar-refractivity contribution in [3.05, 3.63) is 59.7 Å². The number of halogens is 2. The minimum atomic E-state index is -4.01. The standard InChI is InChI=1S/C14H14F2N2O2S/c1-9(10-4-2-5-11(15)8-10)18-21(19,20)13-7-3-6-12(16)14(13)17/h2-9,18H,17H2,1H3. The van der Waals surface area contributed by atoms with E-state index in [1.165, 1.54) is 30.3 Å². The van der Waals surface area contributed by atoms with Crippen LogP contribution in [0.15, 0.2) is 47.4 Å². The van der Waals surface area contributed by atoms with E-state index >= 15 is 0 Å². The highest BCUT2D eigenvalue weighted by Crippen LogP contribution is 2.23. The van der Waals surface area contributed by atoms with Crippen LogP contribution in [0.2, 0.25) is 0 Å². The number of hydrogen-bond donors (Lipinski definition) is 2. The molecule has 0 amide bonds. The highest BCUT2D eigenvalue weighted by molar-refractivity contribution is 7.89. The molecule has 0 aliphatic heterocycles. The second-order valence-electron chi connectivity index (χ2n) is 4.55. The molecule has 112 valence electrons. The Morgan fingerprint density at radius 3 is 2.48 bits per heavy atom. The molecule has 3 N–H and O–H groups in total. The summed E-state index contributed by atoms with van der Waals surface area (Å²) in [4.78, 5) is -0.342. The highest BCUT2D eigenvalue weighted by Gasteiger charge is 2.22. The molecule has 0 spiro atoms. The molecule has 1 atom stereocenters. The largest absolute Gasteiger partial charge is 0.395 e. The zero-order chi connectivity index (χ0) is 15.6. The van der Waals surface area contributed by atoms with Crippen LogP contribution in [-0.4, -0.2) is 8.42 Å². The molecular formula is C14H14F2N2O2S. The topological polar surface area (TPSA) is 72.2 Å². The van der Waals surface area contributed by atoms with Crippen molar-refractivity contribution < 1.29 is 17.2 Å². The summed E-state index contributed by atoms with van der Waals surface area (Å²) in [7, 11) is -4.01. The molecule has 0 saturated heterocycles. The average Bonchev–Trinajstić information content (AvgIpc) is 2.41. The van der Waals surface area contributed by atoms with Gasteiger partial charge in [0.05, 0.1) is 5.69 Å². The van der Waals surface area contributed by atoms with Gasteiger partial charge < -0.3 is 5.73 Å². The molecule has 0 aromatic heterocycles. The summed E-state index contributed by atoms with van der Waals surface area (Å²) < 4.78 is 53.3. The number of nitrogens with two attached hydrogens (primary N) is 1. The van der Waals surface area contributed by atoms with E-state index in [4.69, 9.17) is 5.73 Å². The van der Waals surface area contributed by atoms with Gasteiger partial charge in [-0.05, 0) is 36.8 Å². The smallest absolute Gasteiger partial charge is 0.243 e. The SMILES string of the molecule is CC(NS(=O)(=O)c1cccc(F)c1N)c1cccc(F)c1. The van der Waals surface area contributed by atoms with Crippen molar-refractivity contribution in [3.63, 3.8) is 0 Å². The number of nitrogen functional groups attached to an aromatic ring is 1. The van der Waals surface area contributed by atoms with Gasteiger partial charge in [0.15, 0.2) is 0 Å². The molecule has 0 radical (unpaired) electrons. The second-order valence-corrected chi connectivity index (χ2v) is 6.23. The van der Waals surface area contributed by atoms with Gasteiger partial charge in [-0.3, -0.25) is 0 Å². The van der Waals surface area contributed by atoms with Gasteiger partial charge >= 0.3 is 0 Å². The van der Waals surface area contributed by atoms with Crippen molar-refractivity contribution in [2.75, 3.05) is 5.73 Å².